The maximum absolute atomic E-state index is 13.5. The molecule has 0 atom stereocenters. The molecule has 0 aliphatic carbocycles. The SMILES string of the molecule is Nc1ccc(F)c(C(=O)NCCc2cccc(F)c2)c1. The van der Waals surface area contributed by atoms with Crippen LogP contribution in [0.5, 0.6) is 0 Å². The number of amides is 1. The molecule has 0 aliphatic rings. The van der Waals surface area contributed by atoms with Gasteiger partial charge in [0.2, 0.25) is 0 Å². The molecule has 1 amide bonds. The second-order valence-corrected chi connectivity index (χ2v) is 4.38. The first kappa shape index (κ1) is 14.0. The average molecular weight is 276 g/mol. The van der Waals surface area contributed by atoms with Crippen molar-refractivity contribution in [2.75, 3.05) is 12.3 Å². The van der Waals surface area contributed by atoms with Gasteiger partial charge in [0, 0.05) is 12.2 Å². The molecule has 0 saturated carbocycles. The van der Waals surface area contributed by atoms with E-state index in [1.54, 1.807) is 12.1 Å². The molecule has 0 heterocycles. The molecule has 5 heteroatoms. The Morgan fingerprint density at radius 2 is 1.95 bits per heavy atom. The summed E-state index contributed by atoms with van der Waals surface area (Å²) in [5, 5.41) is 2.58. The van der Waals surface area contributed by atoms with Gasteiger partial charge in [-0.3, -0.25) is 4.79 Å². The van der Waals surface area contributed by atoms with Gasteiger partial charge in [0.25, 0.3) is 5.91 Å². The summed E-state index contributed by atoms with van der Waals surface area (Å²) in [6, 6.07) is 9.93. The number of anilines is 1. The predicted molar refractivity (Wildman–Crippen MR) is 73.2 cm³/mol. The summed E-state index contributed by atoms with van der Waals surface area (Å²) < 4.78 is 26.4. The highest BCUT2D eigenvalue weighted by Crippen LogP contribution is 2.12. The van der Waals surface area contributed by atoms with Gasteiger partial charge >= 0.3 is 0 Å². The first-order valence-corrected chi connectivity index (χ1v) is 6.14. The molecule has 3 nitrogen and oxygen atoms in total. The van der Waals surface area contributed by atoms with Crippen molar-refractivity contribution in [1.82, 2.24) is 5.32 Å². The maximum Gasteiger partial charge on any atom is 0.254 e. The Bertz CT molecular complexity index is 629. The zero-order valence-corrected chi connectivity index (χ0v) is 10.7. The number of nitrogens with two attached hydrogens (primary N) is 1. The van der Waals surface area contributed by atoms with E-state index in [1.807, 2.05) is 0 Å². The van der Waals surface area contributed by atoms with E-state index in [4.69, 9.17) is 5.73 Å². The van der Waals surface area contributed by atoms with Crippen LogP contribution in [-0.2, 0) is 6.42 Å². The Kier molecular flexibility index (Phi) is 4.30. The molecule has 104 valence electrons. The molecule has 2 aromatic carbocycles. The number of carbonyl (C=O) groups is 1. The molecule has 2 aromatic rings. The molecule has 3 N–H and O–H groups in total. The van der Waals surface area contributed by atoms with Crippen LogP contribution in [0, 0.1) is 11.6 Å². The van der Waals surface area contributed by atoms with Crippen LogP contribution in [0.3, 0.4) is 0 Å². The molecule has 0 aromatic heterocycles. The summed E-state index contributed by atoms with van der Waals surface area (Å²) in [4.78, 5) is 11.8. The summed E-state index contributed by atoms with van der Waals surface area (Å²) >= 11 is 0. The fourth-order valence-electron chi connectivity index (χ4n) is 1.82. The van der Waals surface area contributed by atoms with Crippen molar-refractivity contribution in [2.45, 2.75) is 6.42 Å². The van der Waals surface area contributed by atoms with Crippen molar-refractivity contribution < 1.29 is 13.6 Å². The number of hydrogen-bond acceptors (Lipinski definition) is 2. The summed E-state index contributed by atoms with van der Waals surface area (Å²) in [6.07, 6.45) is 0.466. The second-order valence-electron chi connectivity index (χ2n) is 4.38. The highest BCUT2D eigenvalue weighted by molar-refractivity contribution is 5.95. The van der Waals surface area contributed by atoms with Crippen molar-refractivity contribution in [2.24, 2.45) is 0 Å². The van der Waals surface area contributed by atoms with Gasteiger partial charge in [-0.2, -0.15) is 0 Å². The van der Waals surface area contributed by atoms with Gasteiger partial charge in [0.15, 0.2) is 0 Å². The predicted octanol–water partition coefficient (Wildman–Crippen LogP) is 2.52. The summed E-state index contributed by atoms with van der Waals surface area (Å²) in [7, 11) is 0. The number of rotatable bonds is 4. The highest BCUT2D eigenvalue weighted by Gasteiger charge is 2.11. The van der Waals surface area contributed by atoms with E-state index in [9.17, 15) is 13.6 Å². The topological polar surface area (TPSA) is 55.1 Å². The lowest BCUT2D eigenvalue weighted by Crippen LogP contribution is -2.26. The molecule has 2 rings (SSSR count). The van der Waals surface area contributed by atoms with Crippen molar-refractivity contribution in [3.63, 3.8) is 0 Å². The maximum atomic E-state index is 13.5. The monoisotopic (exact) mass is 276 g/mol. The van der Waals surface area contributed by atoms with Crippen molar-refractivity contribution in [3.05, 3.63) is 65.2 Å². The van der Waals surface area contributed by atoms with Crippen molar-refractivity contribution in [3.8, 4) is 0 Å². The molecule has 0 bridgehead atoms. The number of halogens is 2. The minimum Gasteiger partial charge on any atom is -0.399 e. The van der Waals surface area contributed by atoms with E-state index in [-0.39, 0.29) is 17.9 Å². The van der Waals surface area contributed by atoms with Gasteiger partial charge < -0.3 is 11.1 Å². The lowest BCUT2D eigenvalue weighted by atomic mass is 10.1. The van der Waals surface area contributed by atoms with Crippen LogP contribution in [-0.4, -0.2) is 12.5 Å². The van der Waals surface area contributed by atoms with Crippen molar-refractivity contribution in [1.29, 1.82) is 0 Å². The second kappa shape index (κ2) is 6.14. The molecular weight excluding hydrogens is 262 g/mol. The normalized spacial score (nSPS) is 10.3. The standard InChI is InChI=1S/C15H14F2N2O/c16-11-3-1-2-10(8-11)6-7-19-15(20)13-9-12(18)4-5-14(13)17/h1-5,8-9H,6-7,18H2,(H,19,20). The Hall–Kier alpha value is -2.43. The Labute approximate surface area is 115 Å². The average Bonchev–Trinajstić information content (AvgIpc) is 2.41. The quantitative estimate of drug-likeness (QED) is 0.843. The third kappa shape index (κ3) is 3.54. The van der Waals surface area contributed by atoms with Gasteiger partial charge in [0.05, 0.1) is 5.56 Å². The molecule has 0 unspecified atom stereocenters. The van der Waals surface area contributed by atoms with E-state index < -0.39 is 11.7 Å². The zero-order chi connectivity index (χ0) is 14.5. The van der Waals surface area contributed by atoms with Crippen LogP contribution in [0.15, 0.2) is 42.5 Å². The molecule has 0 fully saturated rings. The minimum absolute atomic E-state index is 0.0933. The largest absolute Gasteiger partial charge is 0.399 e. The molecule has 20 heavy (non-hydrogen) atoms. The Morgan fingerprint density at radius 1 is 1.15 bits per heavy atom. The zero-order valence-electron chi connectivity index (χ0n) is 10.7. The van der Waals surface area contributed by atoms with Crippen LogP contribution in [0.1, 0.15) is 15.9 Å². The van der Waals surface area contributed by atoms with Gasteiger partial charge in [-0.05, 0) is 42.3 Å². The van der Waals surface area contributed by atoms with Crippen LogP contribution in [0.4, 0.5) is 14.5 Å². The Morgan fingerprint density at radius 3 is 2.70 bits per heavy atom. The van der Waals surface area contributed by atoms with Crippen LogP contribution < -0.4 is 11.1 Å². The number of nitrogens with one attached hydrogen (secondary N) is 1. The van der Waals surface area contributed by atoms with Gasteiger partial charge in [-0.1, -0.05) is 12.1 Å². The first-order valence-electron chi connectivity index (χ1n) is 6.14. The minimum atomic E-state index is -0.623. The van der Waals surface area contributed by atoms with Crippen molar-refractivity contribution >= 4 is 11.6 Å². The molecule has 0 saturated heterocycles. The molecular formula is C15H14F2N2O. The third-order valence-corrected chi connectivity index (χ3v) is 2.82. The van der Waals surface area contributed by atoms with Gasteiger partial charge in [-0.15, -0.1) is 0 Å². The van der Waals surface area contributed by atoms with Gasteiger partial charge in [-0.25, -0.2) is 8.78 Å². The summed E-state index contributed by atoms with van der Waals surface area (Å²) in [5.74, 6) is -1.48. The lowest BCUT2D eigenvalue weighted by Gasteiger charge is -2.07. The van der Waals surface area contributed by atoms with E-state index >= 15 is 0 Å². The number of carbonyl (C=O) groups excluding carboxylic acids is 1. The molecule has 0 aliphatic heterocycles. The summed E-state index contributed by atoms with van der Waals surface area (Å²) in [6.45, 7) is 0.288. The van der Waals surface area contributed by atoms with Crippen LogP contribution >= 0.6 is 0 Å². The highest BCUT2D eigenvalue weighted by atomic mass is 19.1. The van der Waals surface area contributed by atoms with E-state index in [0.29, 0.717) is 12.1 Å². The number of benzene rings is 2. The van der Waals surface area contributed by atoms with Gasteiger partial charge in [0.1, 0.15) is 11.6 Å². The fourth-order valence-corrected chi connectivity index (χ4v) is 1.82. The van der Waals surface area contributed by atoms with Crippen LogP contribution in [0.2, 0.25) is 0 Å². The lowest BCUT2D eigenvalue weighted by molar-refractivity contribution is 0.0950. The first-order chi connectivity index (χ1) is 9.56. The summed E-state index contributed by atoms with van der Waals surface area (Å²) in [5.41, 5.74) is 6.50. The van der Waals surface area contributed by atoms with E-state index in [0.717, 1.165) is 11.6 Å². The van der Waals surface area contributed by atoms with E-state index in [1.165, 1.54) is 24.3 Å². The third-order valence-electron chi connectivity index (χ3n) is 2.82. The van der Waals surface area contributed by atoms with Crippen LogP contribution in [0.25, 0.3) is 0 Å². The number of hydrogen-bond donors (Lipinski definition) is 2. The smallest absolute Gasteiger partial charge is 0.254 e. The van der Waals surface area contributed by atoms with E-state index in [2.05, 4.69) is 5.32 Å². The number of nitrogen functional groups attached to an aromatic ring is 1. The fraction of sp³-hybridized carbons (Fsp3) is 0.133. The molecule has 0 radical (unpaired) electrons. The molecule has 0 spiro atoms. The Balaban J connectivity index is 1.94.